The first-order valence-electron chi connectivity index (χ1n) is 10.3. The SMILES string of the molecule is N[C@H]1CC[C@H](COc2nc(Nc3ccc(N4CCOCC4)cc3)ncc2F)CC1. The lowest BCUT2D eigenvalue weighted by Gasteiger charge is -2.28. The van der Waals surface area contributed by atoms with Crippen molar-refractivity contribution < 1.29 is 13.9 Å². The average Bonchev–Trinajstić information content (AvgIpc) is 2.76. The Bertz CT molecular complexity index is 790. The van der Waals surface area contributed by atoms with Crippen molar-refractivity contribution in [3.63, 3.8) is 0 Å². The molecule has 1 aliphatic heterocycles. The smallest absolute Gasteiger partial charge is 0.255 e. The average molecular weight is 401 g/mol. The highest BCUT2D eigenvalue weighted by Crippen LogP contribution is 2.25. The number of nitrogens with two attached hydrogens (primary N) is 1. The molecule has 2 aliphatic rings. The Balaban J connectivity index is 1.35. The van der Waals surface area contributed by atoms with E-state index in [2.05, 4.69) is 20.2 Å². The minimum absolute atomic E-state index is 0.0118. The maximum absolute atomic E-state index is 14.1. The number of anilines is 3. The molecule has 2 aromatic rings. The van der Waals surface area contributed by atoms with E-state index in [1.165, 1.54) is 0 Å². The second-order valence-corrected chi connectivity index (χ2v) is 7.71. The van der Waals surface area contributed by atoms with Crippen LogP contribution in [0.2, 0.25) is 0 Å². The second kappa shape index (κ2) is 9.37. The lowest BCUT2D eigenvalue weighted by molar-refractivity contribution is 0.122. The topological polar surface area (TPSA) is 85.5 Å². The summed E-state index contributed by atoms with van der Waals surface area (Å²) in [4.78, 5) is 10.5. The van der Waals surface area contributed by atoms with Gasteiger partial charge in [0.05, 0.1) is 26.0 Å². The van der Waals surface area contributed by atoms with Crippen molar-refractivity contribution in [2.45, 2.75) is 31.7 Å². The first-order chi connectivity index (χ1) is 14.2. The third kappa shape index (κ3) is 5.33. The zero-order chi connectivity index (χ0) is 20.1. The molecule has 1 saturated carbocycles. The van der Waals surface area contributed by atoms with Crippen LogP contribution in [0.3, 0.4) is 0 Å². The Labute approximate surface area is 170 Å². The van der Waals surface area contributed by atoms with Gasteiger partial charge in [0.2, 0.25) is 11.8 Å². The molecule has 0 unspecified atom stereocenters. The zero-order valence-electron chi connectivity index (χ0n) is 16.5. The van der Waals surface area contributed by atoms with Gasteiger partial charge in [0.25, 0.3) is 5.88 Å². The van der Waals surface area contributed by atoms with E-state index in [0.717, 1.165) is 69.6 Å². The van der Waals surface area contributed by atoms with E-state index in [1.807, 2.05) is 24.3 Å². The van der Waals surface area contributed by atoms with Gasteiger partial charge in [0.15, 0.2) is 0 Å². The minimum Gasteiger partial charge on any atom is -0.475 e. The summed E-state index contributed by atoms with van der Waals surface area (Å²) in [6, 6.07) is 8.30. The van der Waals surface area contributed by atoms with Crippen LogP contribution < -0.4 is 20.7 Å². The molecule has 0 bridgehead atoms. The molecule has 2 heterocycles. The number of halogens is 1. The molecule has 0 radical (unpaired) electrons. The van der Waals surface area contributed by atoms with Crippen molar-refractivity contribution in [1.29, 1.82) is 0 Å². The number of nitrogens with zero attached hydrogens (tertiary/aromatic N) is 3. The van der Waals surface area contributed by atoms with Crippen molar-refractivity contribution in [1.82, 2.24) is 9.97 Å². The summed E-state index contributed by atoms with van der Waals surface area (Å²) in [6.07, 6.45) is 5.15. The molecule has 1 aromatic heterocycles. The largest absolute Gasteiger partial charge is 0.475 e. The molecule has 7 nitrogen and oxygen atoms in total. The summed E-state index contributed by atoms with van der Waals surface area (Å²) in [6.45, 7) is 3.73. The number of nitrogens with one attached hydrogen (secondary N) is 1. The molecular formula is C21H28FN5O2. The molecule has 0 spiro atoms. The van der Waals surface area contributed by atoms with Gasteiger partial charge in [0, 0.05) is 30.5 Å². The van der Waals surface area contributed by atoms with Crippen molar-refractivity contribution in [2.75, 3.05) is 43.1 Å². The number of ether oxygens (including phenoxy) is 2. The predicted molar refractivity (Wildman–Crippen MR) is 110 cm³/mol. The summed E-state index contributed by atoms with van der Waals surface area (Å²) in [5.41, 5.74) is 7.92. The quantitative estimate of drug-likeness (QED) is 0.769. The maximum Gasteiger partial charge on any atom is 0.255 e. The van der Waals surface area contributed by atoms with Crippen molar-refractivity contribution in [2.24, 2.45) is 11.7 Å². The number of morpholine rings is 1. The zero-order valence-corrected chi connectivity index (χ0v) is 16.5. The molecule has 4 rings (SSSR count). The van der Waals surface area contributed by atoms with Crippen LogP contribution in [0.4, 0.5) is 21.7 Å². The lowest BCUT2D eigenvalue weighted by atomic mass is 9.87. The third-order valence-corrected chi connectivity index (χ3v) is 5.56. The summed E-state index contributed by atoms with van der Waals surface area (Å²) in [7, 11) is 0. The number of benzene rings is 1. The van der Waals surface area contributed by atoms with Crippen LogP contribution in [0.25, 0.3) is 0 Å². The van der Waals surface area contributed by atoms with Gasteiger partial charge in [-0.3, -0.25) is 0 Å². The maximum atomic E-state index is 14.1. The van der Waals surface area contributed by atoms with E-state index in [9.17, 15) is 4.39 Å². The van der Waals surface area contributed by atoms with Crippen LogP contribution in [0.15, 0.2) is 30.5 Å². The minimum atomic E-state index is -0.550. The van der Waals surface area contributed by atoms with Crippen molar-refractivity contribution in [3.8, 4) is 5.88 Å². The molecule has 156 valence electrons. The molecule has 29 heavy (non-hydrogen) atoms. The van der Waals surface area contributed by atoms with Crippen LogP contribution in [-0.4, -0.2) is 48.9 Å². The molecule has 1 saturated heterocycles. The van der Waals surface area contributed by atoms with Gasteiger partial charge >= 0.3 is 0 Å². The van der Waals surface area contributed by atoms with Crippen LogP contribution in [-0.2, 0) is 4.74 Å². The molecule has 8 heteroatoms. The standard InChI is InChI=1S/C21H28FN5O2/c22-19-13-24-21(26-20(19)29-14-15-1-3-16(23)4-2-15)25-17-5-7-18(8-6-17)27-9-11-28-12-10-27/h5-8,13,15-16H,1-4,9-12,14,23H2,(H,24,25,26)/t15-,16-. The number of hydrogen-bond donors (Lipinski definition) is 2. The van der Waals surface area contributed by atoms with Crippen LogP contribution in [0.1, 0.15) is 25.7 Å². The monoisotopic (exact) mass is 401 g/mol. The van der Waals surface area contributed by atoms with Crippen LogP contribution in [0.5, 0.6) is 5.88 Å². The molecular weight excluding hydrogens is 373 g/mol. The normalized spacial score (nSPS) is 22.3. The van der Waals surface area contributed by atoms with Gasteiger partial charge in [-0.15, -0.1) is 0 Å². The highest BCUT2D eigenvalue weighted by atomic mass is 19.1. The van der Waals surface area contributed by atoms with Crippen LogP contribution >= 0.6 is 0 Å². The fourth-order valence-electron chi connectivity index (χ4n) is 3.77. The molecule has 2 fully saturated rings. The molecule has 3 N–H and O–H groups in total. The second-order valence-electron chi connectivity index (χ2n) is 7.71. The van der Waals surface area contributed by atoms with Gasteiger partial charge < -0.3 is 25.4 Å². The van der Waals surface area contributed by atoms with Gasteiger partial charge in [-0.1, -0.05) is 0 Å². The molecule has 1 aliphatic carbocycles. The number of hydrogen-bond acceptors (Lipinski definition) is 7. The van der Waals surface area contributed by atoms with E-state index in [1.54, 1.807) is 0 Å². The summed E-state index contributed by atoms with van der Waals surface area (Å²) in [5.74, 6) is 0.146. The van der Waals surface area contributed by atoms with E-state index >= 15 is 0 Å². The Morgan fingerprint density at radius 3 is 2.59 bits per heavy atom. The number of rotatable bonds is 6. The van der Waals surface area contributed by atoms with E-state index < -0.39 is 5.82 Å². The van der Waals surface area contributed by atoms with Gasteiger partial charge in [-0.05, 0) is 55.9 Å². The number of aromatic nitrogens is 2. The Hall–Kier alpha value is -2.45. The first-order valence-corrected chi connectivity index (χ1v) is 10.3. The van der Waals surface area contributed by atoms with Crippen LogP contribution in [0, 0.1) is 11.7 Å². The summed E-state index contributed by atoms with van der Waals surface area (Å²) in [5, 5.41) is 3.12. The van der Waals surface area contributed by atoms with Gasteiger partial charge in [-0.25, -0.2) is 4.98 Å². The van der Waals surface area contributed by atoms with E-state index in [0.29, 0.717) is 18.5 Å². The summed E-state index contributed by atoms with van der Waals surface area (Å²) < 4.78 is 25.1. The molecule has 0 atom stereocenters. The highest BCUT2D eigenvalue weighted by Gasteiger charge is 2.20. The van der Waals surface area contributed by atoms with E-state index in [4.69, 9.17) is 15.2 Å². The first kappa shape index (κ1) is 19.8. The summed E-state index contributed by atoms with van der Waals surface area (Å²) >= 11 is 0. The van der Waals surface area contributed by atoms with Gasteiger partial charge in [0.1, 0.15) is 0 Å². The molecule has 0 amide bonds. The fourth-order valence-corrected chi connectivity index (χ4v) is 3.77. The van der Waals surface area contributed by atoms with Crippen molar-refractivity contribution in [3.05, 3.63) is 36.3 Å². The Kier molecular flexibility index (Phi) is 6.41. The molecule has 1 aromatic carbocycles. The third-order valence-electron chi connectivity index (χ3n) is 5.56. The lowest BCUT2D eigenvalue weighted by Crippen LogP contribution is -2.36. The van der Waals surface area contributed by atoms with Crippen molar-refractivity contribution >= 4 is 17.3 Å². The Morgan fingerprint density at radius 1 is 1.14 bits per heavy atom. The Morgan fingerprint density at radius 2 is 1.86 bits per heavy atom. The fraction of sp³-hybridized carbons (Fsp3) is 0.524. The predicted octanol–water partition coefficient (Wildman–Crippen LogP) is 3.09. The van der Waals surface area contributed by atoms with E-state index in [-0.39, 0.29) is 11.9 Å². The van der Waals surface area contributed by atoms with Gasteiger partial charge in [-0.2, -0.15) is 9.37 Å². The highest BCUT2D eigenvalue weighted by molar-refractivity contribution is 5.59.